The molecule has 3 fully saturated rings. The van der Waals surface area contributed by atoms with Gasteiger partial charge in [0.25, 0.3) is 0 Å². The van der Waals surface area contributed by atoms with Crippen molar-refractivity contribution < 1.29 is 37.4 Å². The van der Waals surface area contributed by atoms with Crippen LogP contribution in [0.25, 0.3) is 44.2 Å². The fourth-order valence-electron chi connectivity index (χ4n) is 9.72. The molecule has 8 rings (SSSR count). The number of halogens is 2. The summed E-state index contributed by atoms with van der Waals surface area (Å²) in [5, 5.41) is 7.09. The number of nitrogens with zero attached hydrogens (tertiary/aromatic N) is 4. The van der Waals surface area contributed by atoms with E-state index in [9.17, 15) is 19.2 Å². The maximum absolute atomic E-state index is 15.4. The highest BCUT2D eigenvalue weighted by Crippen LogP contribution is 2.53. The summed E-state index contributed by atoms with van der Waals surface area (Å²) in [5.74, 6) is -0.832. The van der Waals surface area contributed by atoms with Gasteiger partial charge in [-0.3, -0.25) is 9.59 Å². The Bertz CT molecular complexity index is 2530. The fraction of sp³-hybridized carbons (Fsp3) is 0.467. The van der Waals surface area contributed by atoms with E-state index < -0.39 is 68.6 Å². The van der Waals surface area contributed by atoms with Crippen molar-refractivity contribution >= 4 is 53.9 Å². The minimum Gasteiger partial charge on any atom is -0.453 e. The lowest BCUT2D eigenvalue weighted by Gasteiger charge is -2.39. The van der Waals surface area contributed by atoms with Crippen LogP contribution < -0.4 is 10.6 Å². The third-order valence-corrected chi connectivity index (χ3v) is 15.6. The van der Waals surface area contributed by atoms with Gasteiger partial charge < -0.3 is 39.9 Å². The highest BCUT2D eigenvalue weighted by molar-refractivity contribution is 6.78. The number of rotatable bonds is 10. The van der Waals surface area contributed by atoms with Crippen LogP contribution in [0.2, 0.25) is 19.1 Å². The van der Waals surface area contributed by atoms with Crippen molar-refractivity contribution in [2.45, 2.75) is 95.8 Å². The molecule has 2 aliphatic heterocycles. The van der Waals surface area contributed by atoms with Crippen molar-refractivity contribution in [1.82, 2.24) is 40.4 Å². The molecule has 4 amide bonds. The Labute approximate surface area is 359 Å². The highest BCUT2D eigenvalue weighted by atomic mass is 28.3. The number of hydrogen-bond donors (Lipinski definition) is 4. The molecule has 0 radical (unpaired) electrons. The molecule has 17 heteroatoms. The van der Waals surface area contributed by atoms with Crippen molar-refractivity contribution in [3.05, 3.63) is 72.4 Å². The topological polar surface area (TPSA) is 175 Å². The fourth-order valence-corrected chi connectivity index (χ4v) is 12.6. The van der Waals surface area contributed by atoms with E-state index in [1.807, 2.05) is 67.3 Å². The van der Waals surface area contributed by atoms with Crippen LogP contribution in [0.3, 0.4) is 0 Å². The molecule has 4 N–H and O–H groups in total. The number of aromatic nitrogens is 4. The highest BCUT2D eigenvalue weighted by Gasteiger charge is 2.62. The van der Waals surface area contributed by atoms with Crippen LogP contribution in [0, 0.1) is 17.8 Å². The number of benzene rings is 3. The van der Waals surface area contributed by atoms with E-state index in [1.165, 1.54) is 19.1 Å². The normalized spacial score (nSPS) is 23.9. The average molecular weight is 869 g/mol. The zero-order valence-corrected chi connectivity index (χ0v) is 37.2. The molecule has 2 aromatic heterocycles. The molecule has 14 nitrogen and oxygen atoms in total. The molecule has 3 aromatic carbocycles. The SMILES string of the molecule is COC(=O)N[C@H](C(=O)N1C[Si](C)(C)C[C@H]1c1ncc(-c2ccc(-c3ccc4c(ccc5[nH]c([C@H]6[C@@H]7C[C@H]([C@@H](F)[C@H]7F)N6C(=O)[C@@H](NC(=O)OC)C(C)C)nc54)c3)cc2)[nH]1)C(C)C. The number of alkyl carbamates (subject to hydrolysis) is 2. The number of fused-ring (bicyclic) bond motifs is 5. The number of aromatic amines is 2. The molecule has 4 heterocycles. The predicted octanol–water partition coefficient (Wildman–Crippen LogP) is 7.61. The Morgan fingerprint density at radius 3 is 2.08 bits per heavy atom. The molecular formula is C45H54F2N8O6Si. The smallest absolute Gasteiger partial charge is 0.407 e. The van der Waals surface area contributed by atoms with Crippen LogP contribution in [0.1, 0.15) is 57.8 Å². The molecule has 2 bridgehead atoms. The van der Waals surface area contributed by atoms with Crippen LogP contribution in [0.15, 0.2) is 60.8 Å². The second-order valence-electron chi connectivity index (χ2n) is 18.4. The summed E-state index contributed by atoms with van der Waals surface area (Å²) in [5.41, 5.74) is 5.08. The van der Waals surface area contributed by atoms with Crippen molar-refractivity contribution in [2.24, 2.45) is 17.8 Å². The zero-order chi connectivity index (χ0) is 44.4. The van der Waals surface area contributed by atoms with Gasteiger partial charge in [-0.2, -0.15) is 0 Å². The maximum atomic E-state index is 15.4. The minimum absolute atomic E-state index is 0.135. The number of H-pyrrole nitrogens is 2. The summed E-state index contributed by atoms with van der Waals surface area (Å²) in [6, 6.07) is 15.2. The van der Waals surface area contributed by atoms with Gasteiger partial charge in [-0.1, -0.05) is 83.3 Å². The first-order valence-corrected chi connectivity index (χ1v) is 24.6. The van der Waals surface area contributed by atoms with E-state index in [0.717, 1.165) is 39.2 Å². The average Bonchev–Trinajstić information content (AvgIpc) is 4.09. The van der Waals surface area contributed by atoms with Crippen LogP contribution in [-0.4, -0.2) is 113 Å². The first kappa shape index (κ1) is 42.8. The van der Waals surface area contributed by atoms with Gasteiger partial charge in [-0.25, -0.2) is 28.3 Å². The molecule has 5 aromatic rings. The number of piperidine rings is 1. The van der Waals surface area contributed by atoms with Crippen molar-refractivity contribution in [3.8, 4) is 22.4 Å². The molecule has 1 saturated carbocycles. The number of hydrogen-bond acceptors (Lipinski definition) is 8. The standard InChI is InChI=1S/C45H54F2N8O6Si/c1-22(2)36(52-44(58)60-5)42(56)54-21-62(7,8)20-33(54)40-48-19-31(50-40)25-11-9-24(10-12-25)26-13-15-28-27(17-26)14-16-30-38(28)51-41(49-30)39-29-18-32(35(47)34(29)46)55(39)43(57)37(23(3)4)53-45(59)61-6/h9-17,19,22-23,29,32-37,39H,18,20-21H2,1-8H3,(H,48,50)(H,49,51)(H,52,58)(H,53,59)/t29-,32-,33+,34+,35-,36+,37+,39-/m1/s1. The van der Waals surface area contributed by atoms with E-state index in [4.69, 9.17) is 19.4 Å². The molecular weight excluding hydrogens is 815 g/mol. The number of likely N-dealkylation sites (tertiary alicyclic amines) is 1. The minimum atomic E-state index is -1.84. The van der Waals surface area contributed by atoms with E-state index in [0.29, 0.717) is 28.9 Å². The van der Waals surface area contributed by atoms with Gasteiger partial charge in [0.2, 0.25) is 11.8 Å². The molecule has 62 heavy (non-hydrogen) atoms. The quantitative estimate of drug-likeness (QED) is 0.104. The van der Waals surface area contributed by atoms with Gasteiger partial charge in [-0.05, 0) is 58.5 Å². The number of amides is 4. The Hall–Kier alpha value is -5.84. The van der Waals surface area contributed by atoms with Crippen molar-refractivity contribution in [1.29, 1.82) is 0 Å². The lowest BCUT2D eigenvalue weighted by atomic mass is 9.93. The van der Waals surface area contributed by atoms with Gasteiger partial charge in [0.15, 0.2) is 6.17 Å². The Balaban J connectivity index is 1.03. The molecule has 0 spiro atoms. The lowest BCUT2D eigenvalue weighted by Crippen LogP contribution is -2.57. The number of carbonyl (C=O) groups is 4. The number of alkyl halides is 2. The number of carbonyl (C=O) groups excluding carboxylic acids is 4. The largest absolute Gasteiger partial charge is 0.453 e. The molecule has 1 aliphatic carbocycles. The second kappa shape index (κ2) is 16.5. The summed E-state index contributed by atoms with van der Waals surface area (Å²) in [6.45, 7) is 11.9. The summed E-state index contributed by atoms with van der Waals surface area (Å²) in [7, 11) is 0.706. The van der Waals surface area contributed by atoms with Crippen LogP contribution in [0.4, 0.5) is 18.4 Å². The first-order chi connectivity index (χ1) is 29.5. The van der Waals surface area contributed by atoms with Gasteiger partial charge >= 0.3 is 12.2 Å². The molecule has 328 valence electrons. The molecule has 0 unspecified atom stereocenters. The summed E-state index contributed by atoms with van der Waals surface area (Å²) in [4.78, 5) is 72.0. The number of nitrogens with one attached hydrogen (secondary N) is 4. The number of imidazole rings is 2. The van der Waals surface area contributed by atoms with Gasteiger partial charge in [0.1, 0.15) is 29.9 Å². The molecule has 8 atom stereocenters. The summed E-state index contributed by atoms with van der Waals surface area (Å²) in [6.07, 6.45) is -2.40. The molecule has 3 aliphatic rings. The molecule has 2 saturated heterocycles. The van der Waals surface area contributed by atoms with Crippen LogP contribution in [-0.2, 0) is 19.1 Å². The van der Waals surface area contributed by atoms with E-state index in [-0.39, 0.29) is 30.2 Å². The zero-order valence-electron chi connectivity index (χ0n) is 36.2. The van der Waals surface area contributed by atoms with Crippen molar-refractivity contribution in [2.75, 3.05) is 20.4 Å². The third-order valence-electron chi connectivity index (χ3n) is 12.9. The Morgan fingerprint density at radius 2 is 1.44 bits per heavy atom. The third kappa shape index (κ3) is 7.68. The monoisotopic (exact) mass is 868 g/mol. The van der Waals surface area contributed by atoms with Crippen LogP contribution in [0.5, 0.6) is 0 Å². The second-order valence-corrected chi connectivity index (χ2v) is 23.4. The van der Waals surface area contributed by atoms with Gasteiger partial charge in [-0.15, -0.1) is 0 Å². The van der Waals surface area contributed by atoms with Crippen LogP contribution >= 0.6 is 0 Å². The van der Waals surface area contributed by atoms with E-state index in [1.54, 1.807) is 20.0 Å². The van der Waals surface area contributed by atoms with Crippen molar-refractivity contribution in [3.63, 3.8) is 0 Å². The maximum Gasteiger partial charge on any atom is 0.407 e. The Morgan fingerprint density at radius 1 is 0.806 bits per heavy atom. The first-order valence-electron chi connectivity index (χ1n) is 21.2. The predicted molar refractivity (Wildman–Crippen MR) is 233 cm³/mol. The summed E-state index contributed by atoms with van der Waals surface area (Å²) >= 11 is 0. The number of ether oxygens (including phenoxy) is 2. The van der Waals surface area contributed by atoms with E-state index >= 15 is 8.78 Å². The van der Waals surface area contributed by atoms with E-state index in [2.05, 4.69) is 39.8 Å². The Kier molecular flexibility index (Phi) is 11.4. The van der Waals surface area contributed by atoms with Gasteiger partial charge in [0.05, 0.1) is 63.3 Å². The number of methoxy groups -OCH3 is 2. The summed E-state index contributed by atoms with van der Waals surface area (Å²) < 4.78 is 40.2. The van der Waals surface area contributed by atoms with Gasteiger partial charge in [0, 0.05) is 17.5 Å². The lowest BCUT2D eigenvalue weighted by molar-refractivity contribution is -0.143.